The number of nitrogens with one attached hydrogen (secondary N) is 1. The van der Waals surface area contributed by atoms with Crippen molar-refractivity contribution in [3.8, 4) is 0 Å². The van der Waals surface area contributed by atoms with E-state index in [-0.39, 0.29) is 24.3 Å². The molecule has 5 heteroatoms. The second kappa shape index (κ2) is 8.42. The highest BCUT2D eigenvalue weighted by molar-refractivity contribution is 5.97. The van der Waals surface area contributed by atoms with Crippen molar-refractivity contribution in [3.05, 3.63) is 65.0 Å². The maximum absolute atomic E-state index is 12.7. The fraction of sp³-hybridized carbons (Fsp3) is 0.350. The van der Waals surface area contributed by atoms with Crippen molar-refractivity contribution in [3.63, 3.8) is 0 Å². The summed E-state index contributed by atoms with van der Waals surface area (Å²) >= 11 is 0. The van der Waals surface area contributed by atoms with E-state index >= 15 is 0 Å². The molecule has 132 valence electrons. The molecule has 0 bridgehead atoms. The van der Waals surface area contributed by atoms with Crippen LogP contribution in [0.5, 0.6) is 0 Å². The largest absolute Gasteiger partial charge is 0.359 e. The second-order valence-electron chi connectivity index (χ2n) is 6.14. The van der Waals surface area contributed by atoms with E-state index in [1.54, 1.807) is 17.3 Å². The van der Waals surface area contributed by atoms with Crippen LogP contribution in [-0.4, -0.2) is 35.3 Å². The number of aryl methyl sites for hydroxylation is 2. The summed E-state index contributed by atoms with van der Waals surface area (Å²) < 4.78 is 0. The topological polar surface area (TPSA) is 62.3 Å². The Morgan fingerprint density at radius 1 is 1.16 bits per heavy atom. The number of nitrogens with zero attached hydrogens (tertiary/aromatic N) is 2. The Hall–Kier alpha value is -2.69. The van der Waals surface area contributed by atoms with E-state index in [2.05, 4.69) is 28.5 Å². The van der Waals surface area contributed by atoms with Crippen LogP contribution in [0, 0.1) is 13.8 Å². The second-order valence-corrected chi connectivity index (χ2v) is 6.14. The highest BCUT2D eigenvalue weighted by Crippen LogP contribution is 2.30. The van der Waals surface area contributed by atoms with Crippen molar-refractivity contribution >= 4 is 11.8 Å². The van der Waals surface area contributed by atoms with Gasteiger partial charge >= 0.3 is 0 Å². The summed E-state index contributed by atoms with van der Waals surface area (Å²) in [7, 11) is 1.54. The number of aromatic nitrogens is 1. The Kier molecular flexibility index (Phi) is 6.28. The predicted molar refractivity (Wildman–Crippen MR) is 98.1 cm³/mol. The van der Waals surface area contributed by atoms with Crippen LogP contribution in [0.25, 0.3) is 0 Å². The molecule has 0 aliphatic rings. The van der Waals surface area contributed by atoms with Crippen molar-refractivity contribution in [2.45, 2.75) is 33.2 Å². The van der Waals surface area contributed by atoms with Crippen LogP contribution in [0.2, 0.25) is 0 Å². The Morgan fingerprint density at radius 2 is 1.84 bits per heavy atom. The van der Waals surface area contributed by atoms with Gasteiger partial charge in [-0.1, -0.05) is 35.4 Å². The molecule has 1 atom stereocenters. The van der Waals surface area contributed by atoms with Gasteiger partial charge in [-0.3, -0.25) is 14.6 Å². The van der Waals surface area contributed by atoms with E-state index in [1.165, 1.54) is 7.05 Å². The predicted octanol–water partition coefficient (Wildman–Crippen LogP) is 2.77. The number of hydrogen-bond acceptors (Lipinski definition) is 3. The summed E-state index contributed by atoms with van der Waals surface area (Å²) in [5.41, 5.74) is 4.23. The van der Waals surface area contributed by atoms with Gasteiger partial charge in [0.25, 0.3) is 0 Å². The van der Waals surface area contributed by atoms with Gasteiger partial charge in [0, 0.05) is 26.0 Å². The number of carbonyl (C=O) groups is 2. The van der Waals surface area contributed by atoms with E-state index in [1.807, 2.05) is 32.9 Å². The molecule has 1 N–H and O–H groups in total. The van der Waals surface area contributed by atoms with Crippen LogP contribution in [-0.2, 0) is 9.59 Å². The summed E-state index contributed by atoms with van der Waals surface area (Å²) in [6.45, 7) is 6.51. The molecule has 0 fully saturated rings. The van der Waals surface area contributed by atoms with Gasteiger partial charge in [-0.15, -0.1) is 0 Å². The fourth-order valence-electron chi connectivity index (χ4n) is 3.09. The molecular weight excluding hydrogens is 314 g/mol. The van der Waals surface area contributed by atoms with Crippen molar-refractivity contribution in [1.29, 1.82) is 0 Å². The van der Waals surface area contributed by atoms with Gasteiger partial charge in [-0.2, -0.15) is 0 Å². The first kappa shape index (κ1) is 18.6. The number of amides is 2. The molecule has 1 aromatic carbocycles. The van der Waals surface area contributed by atoms with E-state index in [4.69, 9.17) is 0 Å². The number of benzene rings is 1. The average molecular weight is 339 g/mol. The highest BCUT2D eigenvalue weighted by Gasteiger charge is 2.27. The minimum atomic E-state index is -0.284. The van der Waals surface area contributed by atoms with Crippen LogP contribution in [0.4, 0.5) is 0 Å². The lowest BCUT2D eigenvalue weighted by Gasteiger charge is -2.32. The van der Waals surface area contributed by atoms with Crippen LogP contribution in [0.15, 0.2) is 42.7 Å². The SMILES string of the molecule is CCN(C(=O)CC(=O)NC)[C@@H](c1cccnc1)c1cc(C)cc(C)c1. The van der Waals surface area contributed by atoms with Gasteiger partial charge in [-0.05, 0) is 38.0 Å². The molecule has 0 radical (unpaired) electrons. The standard InChI is InChI=1S/C20H25N3O2/c1-5-23(19(25)12-18(24)21-4)20(16-7-6-8-22-13-16)17-10-14(2)9-15(3)11-17/h6-11,13,20H,5,12H2,1-4H3,(H,21,24)/t20-/m0/s1. The molecule has 2 aromatic rings. The lowest BCUT2D eigenvalue weighted by molar-refractivity contribution is -0.137. The van der Waals surface area contributed by atoms with E-state index in [9.17, 15) is 9.59 Å². The molecular formula is C20H25N3O2. The van der Waals surface area contributed by atoms with Crippen LogP contribution < -0.4 is 5.32 Å². The number of rotatable bonds is 6. The zero-order valence-electron chi connectivity index (χ0n) is 15.2. The van der Waals surface area contributed by atoms with Crippen LogP contribution >= 0.6 is 0 Å². The molecule has 1 heterocycles. The monoisotopic (exact) mass is 339 g/mol. The molecule has 1 aromatic heterocycles. The van der Waals surface area contributed by atoms with Gasteiger partial charge in [0.1, 0.15) is 6.42 Å². The quantitative estimate of drug-likeness (QED) is 0.823. The molecule has 25 heavy (non-hydrogen) atoms. The van der Waals surface area contributed by atoms with E-state index < -0.39 is 0 Å². The Labute approximate surface area is 149 Å². The minimum absolute atomic E-state index is 0.161. The van der Waals surface area contributed by atoms with Crippen molar-refractivity contribution < 1.29 is 9.59 Å². The third-order valence-corrected chi connectivity index (χ3v) is 4.12. The number of carbonyl (C=O) groups excluding carboxylic acids is 2. The summed E-state index contributed by atoms with van der Waals surface area (Å²) in [4.78, 5) is 30.4. The van der Waals surface area contributed by atoms with Gasteiger partial charge in [-0.25, -0.2) is 0 Å². The van der Waals surface area contributed by atoms with Crippen molar-refractivity contribution in [2.75, 3.05) is 13.6 Å². The Bertz CT molecular complexity index is 724. The smallest absolute Gasteiger partial charge is 0.232 e. The van der Waals surface area contributed by atoms with E-state index in [0.29, 0.717) is 6.54 Å². The van der Waals surface area contributed by atoms with Gasteiger partial charge in [0.15, 0.2) is 0 Å². The van der Waals surface area contributed by atoms with Gasteiger partial charge in [0.05, 0.1) is 6.04 Å². The zero-order chi connectivity index (χ0) is 18.4. The fourth-order valence-corrected chi connectivity index (χ4v) is 3.09. The first-order chi connectivity index (χ1) is 12.0. The molecule has 2 rings (SSSR count). The molecule has 0 aliphatic carbocycles. The lowest BCUT2D eigenvalue weighted by atomic mass is 9.95. The summed E-state index contributed by atoms with van der Waals surface area (Å²) in [5.74, 6) is -0.483. The molecule has 5 nitrogen and oxygen atoms in total. The van der Waals surface area contributed by atoms with Gasteiger partial charge in [0.2, 0.25) is 11.8 Å². The van der Waals surface area contributed by atoms with Crippen molar-refractivity contribution in [2.24, 2.45) is 0 Å². The summed E-state index contributed by atoms with van der Waals surface area (Å²) in [5, 5.41) is 2.51. The summed E-state index contributed by atoms with van der Waals surface area (Å²) in [6, 6.07) is 9.83. The number of hydrogen-bond donors (Lipinski definition) is 1. The highest BCUT2D eigenvalue weighted by atomic mass is 16.2. The molecule has 2 amide bonds. The van der Waals surface area contributed by atoms with Crippen molar-refractivity contribution in [1.82, 2.24) is 15.2 Å². The summed E-state index contributed by atoms with van der Waals surface area (Å²) in [6.07, 6.45) is 3.33. The molecule has 0 unspecified atom stereocenters. The zero-order valence-corrected chi connectivity index (χ0v) is 15.2. The number of pyridine rings is 1. The maximum Gasteiger partial charge on any atom is 0.232 e. The van der Waals surface area contributed by atoms with Gasteiger partial charge < -0.3 is 10.2 Å². The first-order valence-electron chi connectivity index (χ1n) is 8.44. The van der Waals surface area contributed by atoms with Crippen LogP contribution in [0.3, 0.4) is 0 Å². The maximum atomic E-state index is 12.7. The molecule has 0 saturated heterocycles. The Morgan fingerprint density at radius 3 is 2.36 bits per heavy atom. The lowest BCUT2D eigenvalue weighted by Crippen LogP contribution is -2.38. The molecule has 0 saturated carbocycles. The minimum Gasteiger partial charge on any atom is -0.359 e. The normalized spacial score (nSPS) is 11.7. The third kappa shape index (κ3) is 4.66. The Balaban J connectivity index is 2.50. The third-order valence-electron chi connectivity index (χ3n) is 4.12. The first-order valence-corrected chi connectivity index (χ1v) is 8.44. The average Bonchev–Trinajstić information content (AvgIpc) is 2.59. The van der Waals surface area contributed by atoms with Crippen LogP contribution in [0.1, 0.15) is 41.6 Å². The molecule has 0 spiro atoms. The van der Waals surface area contributed by atoms with E-state index in [0.717, 1.165) is 22.3 Å². The molecule has 0 aliphatic heterocycles.